The van der Waals surface area contributed by atoms with E-state index in [0.717, 1.165) is 50.9 Å². The monoisotopic (exact) mass is 608 g/mol. The number of hydrogen-bond acceptors (Lipinski definition) is 8. The number of aryl methyl sites for hydroxylation is 1. The molecule has 1 aromatic carbocycles. The fourth-order valence-electron chi connectivity index (χ4n) is 6.34. The summed E-state index contributed by atoms with van der Waals surface area (Å²) >= 11 is 0. The number of rotatable bonds is 9. The van der Waals surface area contributed by atoms with E-state index < -0.39 is 17.8 Å². The van der Waals surface area contributed by atoms with Crippen LogP contribution < -0.4 is 5.32 Å². The number of hydrogen-bond donors (Lipinski definition) is 1. The SMILES string of the molecule is Cc1nc2c(F)cc(-c3nc(Nc4ccc(CN5CCO[C@](C)(CCN6CC[C@@H](F)C6)C5)cn4)ncc3F)cc2n1C(C)C. The molecule has 3 aromatic heterocycles. The average molecular weight is 609 g/mol. The fraction of sp³-hybridized carbons (Fsp3) is 0.500. The molecular weight excluding hydrogens is 569 g/mol. The Morgan fingerprint density at radius 3 is 2.64 bits per heavy atom. The number of morpholine rings is 1. The van der Waals surface area contributed by atoms with Gasteiger partial charge < -0.3 is 19.5 Å². The third-order valence-electron chi connectivity index (χ3n) is 8.52. The van der Waals surface area contributed by atoms with Gasteiger partial charge in [-0.3, -0.25) is 4.90 Å². The summed E-state index contributed by atoms with van der Waals surface area (Å²) in [6.07, 6.45) is 3.64. The van der Waals surface area contributed by atoms with Gasteiger partial charge in [-0.1, -0.05) is 6.07 Å². The van der Waals surface area contributed by atoms with Crippen LogP contribution in [0.4, 0.5) is 24.9 Å². The highest BCUT2D eigenvalue weighted by atomic mass is 19.1. The van der Waals surface area contributed by atoms with E-state index in [9.17, 15) is 8.78 Å². The van der Waals surface area contributed by atoms with Gasteiger partial charge in [0.05, 0.1) is 23.9 Å². The highest BCUT2D eigenvalue weighted by molar-refractivity contribution is 5.83. The van der Waals surface area contributed by atoms with Gasteiger partial charge in [0.25, 0.3) is 0 Å². The zero-order valence-electron chi connectivity index (χ0n) is 25.7. The number of halogens is 3. The molecule has 2 atom stereocenters. The molecule has 0 aliphatic carbocycles. The zero-order chi connectivity index (χ0) is 31.0. The molecule has 2 fully saturated rings. The second-order valence-electron chi connectivity index (χ2n) is 12.5. The number of nitrogens with one attached hydrogen (secondary N) is 1. The Morgan fingerprint density at radius 2 is 1.91 bits per heavy atom. The van der Waals surface area contributed by atoms with E-state index in [-0.39, 0.29) is 28.8 Å². The summed E-state index contributed by atoms with van der Waals surface area (Å²) in [6, 6.07) is 6.83. The predicted molar refractivity (Wildman–Crippen MR) is 164 cm³/mol. The van der Waals surface area contributed by atoms with E-state index in [4.69, 9.17) is 4.74 Å². The minimum atomic E-state index is -0.710. The highest BCUT2D eigenvalue weighted by Gasteiger charge is 2.33. The van der Waals surface area contributed by atoms with Gasteiger partial charge in [0.15, 0.2) is 11.6 Å². The number of imidazole rings is 1. The largest absolute Gasteiger partial charge is 0.373 e. The lowest BCUT2D eigenvalue weighted by molar-refractivity contribution is -0.106. The van der Waals surface area contributed by atoms with E-state index in [2.05, 4.69) is 42.0 Å². The van der Waals surface area contributed by atoms with E-state index in [1.165, 1.54) is 6.07 Å². The molecule has 44 heavy (non-hydrogen) atoms. The quantitative estimate of drug-likeness (QED) is 0.254. The molecule has 2 aliphatic heterocycles. The molecular formula is C32H39F3N8O. The second kappa shape index (κ2) is 12.4. The van der Waals surface area contributed by atoms with Crippen LogP contribution in [0.1, 0.15) is 51.0 Å². The second-order valence-corrected chi connectivity index (χ2v) is 12.5. The minimum absolute atomic E-state index is 0.0151. The summed E-state index contributed by atoms with van der Waals surface area (Å²) in [6.45, 7) is 13.1. The molecule has 6 rings (SSSR count). The summed E-state index contributed by atoms with van der Waals surface area (Å²) in [5, 5.41) is 3.04. The van der Waals surface area contributed by atoms with Gasteiger partial charge in [0.1, 0.15) is 29.0 Å². The first-order valence-corrected chi connectivity index (χ1v) is 15.2. The Balaban J connectivity index is 1.12. The van der Waals surface area contributed by atoms with Crippen molar-refractivity contribution in [3.8, 4) is 11.3 Å². The van der Waals surface area contributed by atoms with Crippen molar-refractivity contribution in [3.63, 3.8) is 0 Å². The maximum absolute atomic E-state index is 15.0. The number of pyridine rings is 1. The Labute approximate surface area is 255 Å². The molecule has 2 saturated heterocycles. The van der Waals surface area contributed by atoms with Crippen molar-refractivity contribution < 1.29 is 17.9 Å². The molecule has 2 aliphatic rings. The van der Waals surface area contributed by atoms with Gasteiger partial charge >= 0.3 is 0 Å². The number of fused-ring (bicyclic) bond motifs is 1. The molecule has 0 unspecified atom stereocenters. The fourth-order valence-corrected chi connectivity index (χ4v) is 6.34. The molecule has 0 bridgehead atoms. The molecule has 0 radical (unpaired) electrons. The summed E-state index contributed by atoms with van der Waals surface area (Å²) in [5.41, 5.74) is 1.88. The molecule has 0 amide bonds. The van der Waals surface area contributed by atoms with Crippen molar-refractivity contribution in [1.82, 2.24) is 34.3 Å². The van der Waals surface area contributed by atoms with Gasteiger partial charge in [0, 0.05) is 57.1 Å². The van der Waals surface area contributed by atoms with Crippen LogP contribution >= 0.6 is 0 Å². The minimum Gasteiger partial charge on any atom is -0.373 e. The smallest absolute Gasteiger partial charge is 0.229 e. The molecule has 0 spiro atoms. The van der Waals surface area contributed by atoms with Crippen LogP contribution in [0.15, 0.2) is 36.7 Å². The lowest BCUT2D eigenvalue weighted by Crippen LogP contribution is -2.50. The molecule has 0 saturated carbocycles. The standard InChI is InChI=1S/C32H39F3N8O/c1-20(2)43-21(3)38-30-25(34)13-23(14-27(30)43)29-26(35)16-37-31(40-29)39-28-6-5-22(15-36-28)17-42-11-12-44-32(4,19-42)8-10-41-9-7-24(33)18-41/h5-6,13-16,20,24H,7-12,17-19H2,1-4H3,(H,36,37,39,40)/t24-,32-/m1/s1. The summed E-state index contributed by atoms with van der Waals surface area (Å²) in [5.74, 6) is 0.145. The topological polar surface area (TPSA) is 84.2 Å². The van der Waals surface area contributed by atoms with Crippen LogP contribution in [0.5, 0.6) is 0 Å². The third-order valence-corrected chi connectivity index (χ3v) is 8.52. The number of aromatic nitrogens is 5. The normalized spacial score (nSPS) is 21.5. The van der Waals surface area contributed by atoms with Gasteiger partial charge in [0.2, 0.25) is 5.95 Å². The van der Waals surface area contributed by atoms with Crippen molar-refractivity contribution >= 4 is 22.8 Å². The summed E-state index contributed by atoms with van der Waals surface area (Å²) < 4.78 is 51.6. The van der Waals surface area contributed by atoms with Crippen LogP contribution in [-0.2, 0) is 11.3 Å². The maximum Gasteiger partial charge on any atom is 0.229 e. The molecule has 1 N–H and O–H groups in total. The lowest BCUT2D eigenvalue weighted by Gasteiger charge is -2.41. The Kier molecular flexibility index (Phi) is 8.58. The van der Waals surface area contributed by atoms with Gasteiger partial charge in [-0.05, 0) is 64.3 Å². The third kappa shape index (κ3) is 6.57. The van der Waals surface area contributed by atoms with Crippen molar-refractivity contribution in [1.29, 1.82) is 0 Å². The van der Waals surface area contributed by atoms with Gasteiger partial charge in [-0.2, -0.15) is 0 Å². The van der Waals surface area contributed by atoms with Crippen LogP contribution in [-0.4, -0.2) is 85.4 Å². The van der Waals surface area contributed by atoms with E-state index >= 15 is 4.39 Å². The van der Waals surface area contributed by atoms with E-state index in [0.29, 0.717) is 42.3 Å². The predicted octanol–water partition coefficient (Wildman–Crippen LogP) is 5.82. The van der Waals surface area contributed by atoms with E-state index in [1.807, 2.05) is 37.5 Å². The van der Waals surface area contributed by atoms with Crippen LogP contribution in [0, 0.1) is 18.6 Å². The molecule has 5 heterocycles. The number of benzene rings is 1. The summed E-state index contributed by atoms with van der Waals surface area (Å²) in [4.78, 5) is 21.9. The Bertz CT molecular complexity index is 1630. The summed E-state index contributed by atoms with van der Waals surface area (Å²) in [7, 11) is 0. The molecule has 234 valence electrons. The zero-order valence-corrected chi connectivity index (χ0v) is 25.7. The van der Waals surface area contributed by atoms with Crippen LogP contribution in [0.25, 0.3) is 22.3 Å². The number of alkyl halides is 1. The first kappa shape index (κ1) is 30.4. The van der Waals surface area contributed by atoms with Crippen molar-refractivity contribution in [2.24, 2.45) is 0 Å². The van der Waals surface area contributed by atoms with Crippen molar-refractivity contribution in [2.75, 3.05) is 44.6 Å². The molecule has 9 nitrogen and oxygen atoms in total. The van der Waals surface area contributed by atoms with Crippen molar-refractivity contribution in [3.05, 3.63) is 59.7 Å². The maximum atomic E-state index is 15.0. The molecule has 4 aromatic rings. The van der Waals surface area contributed by atoms with Crippen LogP contribution in [0.2, 0.25) is 0 Å². The number of ether oxygens (including phenoxy) is 1. The van der Waals surface area contributed by atoms with Crippen molar-refractivity contribution in [2.45, 2.75) is 64.9 Å². The number of nitrogens with zero attached hydrogens (tertiary/aromatic N) is 7. The van der Waals surface area contributed by atoms with E-state index in [1.54, 1.807) is 12.3 Å². The first-order valence-electron chi connectivity index (χ1n) is 15.2. The van der Waals surface area contributed by atoms with Gasteiger partial charge in [-0.15, -0.1) is 0 Å². The highest BCUT2D eigenvalue weighted by Crippen LogP contribution is 2.31. The van der Waals surface area contributed by atoms with Crippen LogP contribution in [0.3, 0.4) is 0 Å². The Morgan fingerprint density at radius 1 is 1.07 bits per heavy atom. The number of anilines is 2. The van der Waals surface area contributed by atoms with Gasteiger partial charge in [-0.25, -0.2) is 33.1 Å². The average Bonchev–Trinajstić information content (AvgIpc) is 3.56. The Hall–Kier alpha value is -3.61. The lowest BCUT2D eigenvalue weighted by atomic mass is 9.99. The number of likely N-dealkylation sites (tertiary alicyclic amines) is 1. The first-order chi connectivity index (χ1) is 21.1. The molecule has 12 heteroatoms.